The van der Waals surface area contributed by atoms with Crippen LogP contribution < -0.4 is 4.74 Å². The summed E-state index contributed by atoms with van der Waals surface area (Å²) in [5.74, 6) is 1.53. The molecule has 1 aromatic heterocycles. The maximum absolute atomic E-state index is 8.94. The highest BCUT2D eigenvalue weighted by Gasteiger charge is 2.02. The van der Waals surface area contributed by atoms with Crippen LogP contribution in [0.2, 0.25) is 0 Å². The Labute approximate surface area is 122 Å². The van der Waals surface area contributed by atoms with Crippen molar-refractivity contribution in [3.8, 4) is 11.8 Å². The first kappa shape index (κ1) is 14.4. The number of hydrogen-bond donors (Lipinski definition) is 0. The van der Waals surface area contributed by atoms with Crippen molar-refractivity contribution in [2.45, 2.75) is 18.5 Å². The summed E-state index contributed by atoms with van der Waals surface area (Å²) in [6, 6.07) is 9.38. The quantitative estimate of drug-likeness (QED) is 0.463. The fraction of sp³-hybridized carbons (Fsp3) is 0.267. The molecule has 0 spiro atoms. The molecule has 0 atom stereocenters. The van der Waals surface area contributed by atoms with Crippen LogP contribution in [0.4, 0.5) is 0 Å². The Kier molecular flexibility index (Phi) is 5.39. The third-order valence-corrected chi connectivity index (χ3v) is 3.50. The van der Waals surface area contributed by atoms with Gasteiger partial charge < -0.3 is 4.74 Å². The van der Waals surface area contributed by atoms with Crippen molar-refractivity contribution in [1.82, 2.24) is 9.97 Å². The second kappa shape index (κ2) is 7.51. The number of benzene rings is 1. The van der Waals surface area contributed by atoms with Crippen molar-refractivity contribution >= 4 is 11.8 Å². The first-order valence-corrected chi connectivity index (χ1v) is 7.31. The number of ether oxygens (including phenoxy) is 1. The van der Waals surface area contributed by atoms with E-state index in [0.717, 1.165) is 22.9 Å². The third kappa shape index (κ3) is 4.25. The number of thioether (sulfide) groups is 1. The van der Waals surface area contributed by atoms with Crippen LogP contribution in [-0.4, -0.2) is 22.3 Å². The Balaban J connectivity index is 1.72. The fourth-order valence-corrected chi connectivity index (χ4v) is 2.24. The SMILES string of the molecule is Cc1cnc(SCCCOc2ccccc2C#N)nc1. The Hall–Kier alpha value is -2.06. The van der Waals surface area contributed by atoms with Crippen molar-refractivity contribution in [3.05, 3.63) is 47.8 Å². The molecule has 20 heavy (non-hydrogen) atoms. The molecule has 0 radical (unpaired) electrons. The van der Waals surface area contributed by atoms with E-state index in [4.69, 9.17) is 10.00 Å². The number of aryl methyl sites for hydroxylation is 1. The summed E-state index contributed by atoms with van der Waals surface area (Å²) < 4.78 is 5.61. The van der Waals surface area contributed by atoms with Crippen molar-refractivity contribution in [3.63, 3.8) is 0 Å². The Morgan fingerprint density at radius 2 is 2.00 bits per heavy atom. The molecule has 0 saturated carbocycles. The van der Waals surface area contributed by atoms with Crippen LogP contribution in [0.25, 0.3) is 0 Å². The molecule has 0 bridgehead atoms. The molecular weight excluding hydrogens is 270 g/mol. The van der Waals surface area contributed by atoms with E-state index in [2.05, 4.69) is 16.0 Å². The Morgan fingerprint density at radius 1 is 1.25 bits per heavy atom. The van der Waals surface area contributed by atoms with E-state index in [-0.39, 0.29) is 0 Å². The molecule has 0 fully saturated rings. The van der Waals surface area contributed by atoms with Gasteiger partial charge >= 0.3 is 0 Å². The van der Waals surface area contributed by atoms with Crippen LogP contribution in [0.1, 0.15) is 17.5 Å². The lowest BCUT2D eigenvalue weighted by Gasteiger charge is -2.07. The van der Waals surface area contributed by atoms with E-state index in [1.807, 2.05) is 37.5 Å². The number of nitrogens with zero attached hydrogens (tertiary/aromatic N) is 3. The van der Waals surface area contributed by atoms with E-state index in [0.29, 0.717) is 17.9 Å². The first-order chi connectivity index (χ1) is 9.79. The van der Waals surface area contributed by atoms with Crippen LogP contribution in [-0.2, 0) is 0 Å². The number of aromatic nitrogens is 2. The van der Waals surface area contributed by atoms with Crippen LogP contribution in [0.15, 0.2) is 41.8 Å². The van der Waals surface area contributed by atoms with Gasteiger partial charge in [0.05, 0.1) is 12.2 Å². The minimum absolute atomic E-state index is 0.571. The van der Waals surface area contributed by atoms with Gasteiger partial charge in [0.25, 0.3) is 0 Å². The molecule has 4 nitrogen and oxygen atoms in total. The van der Waals surface area contributed by atoms with Crippen molar-refractivity contribution in [2.75, 3.05) is 12.4 Å². The number of nitriles is 1. The van der Waals surface area contributed by atoms with Crippen LogP contribution in [0.5, 0.6) is 5.75 Å². The molecule has 5 heteroatoms. The van der Waals surface area contributed by atoms with Crippen molar-refractivity contribution < 1.29 is 4.74 Å². The number of rotatable bonds is 6. The molecule has 1 heterocycles. The average Bonchev–Trinajstić information content (AvgIpc) is 2.49. The zero-order chi connectivity index (χ0) is 14.2. The Morgan fingerprint density at radius 3 is 2.75 bits per heavy atom. The van der Waals surface area contributed by atoms with Gasteiger partial charge in [0.2, 0.25) is 0 Å². The molecule has 1 aromatic carbocycles. The topological polar surface area (TPSA) is 58.8 Å². The van der Waals surface area contributed by atoms with Crippen LogP contribution in [0, 0.1) is 18.3 Å². The lowest BCUT2D eigenvalue weighted by Crippen LogP contribution is -2.00. The van der Waals surface area contributed by atoms with E-state index in [1.165, 1.54) is 0 Å². The Bertz CT molecular complexity index is 593. The fourth-order valence-electron chi connectivity index (χ4n) is 1.54. The molecule has 0 aliphatic rings. The lowest BCUT2D eigenvalue weighted by molar-refractivity contribution is 0.318. The second-order valence-corrected chi connectivity index (χ2v) is 5.26. The molecule has 0 unspecified atom stereocenters. The van der Waals surface area contributed by atoms with Gasteiger partial charge in [-0.3, -0.25) is 0 Å². The molecule has 0 amide bonds. The van der Waals surface area contributed by atoms with Crippen molar-refractivity contribution in [2.24, 2.45) is 0 Å². The summed E-state index contributed by atoms with van der Waals surface area (Å²) in [7, 11) is 0. The molecule has 0 aliphatic carbocycles. The number of hydrogen-bond acceptors (Lipinski definition) is 5. The predicted octanol–water partition coefficient (Wildman–Crippen LogP) is 3.22. The van der Waals surface area contributed by atoms with Crippen LogP contribution in [0.3, 0.4) is 0 Å². The van der Waals surface area contributed by atoms with E-state index in [1.54, 1.807) is 17.8 Å². The molecular formula is C15H15N3OS. The van der Waals surface area contributed by atoms with E-state index in [9.17, 15) is 0 Å². The van der Waals surface area contributed by atoms with Gasteiger partial charge in [-0.1, -0.05) is 23.9 Å². The average molecular weight is 285 g/mol. The van der Waals surface area contributed by atoms with Gasteiger partial charge in [-0.05, 0) is 31.0 Å². The maximum atomic E-state index is 8.94. The normalized spacial score (nSPS) is 10.0. The summed E-state index contributed by atoms with van der Waals surface area (Å²) in [5.41, 5.74) is 1.63. The summed E-state index contributed by atoms with van der Waals surface area (Å²) in [6.45, 7) is 2.55. The lowest BCUT2D eigenvalue weighted by atomic mass is 10.2. The molecule has 102 valence electrons. The molecule has 2 rings (SSSR count). The third-order valence-electron chi connectivity index (χ3n) is 2.54. The predicted molar refractivity (Wildman–Crippen MR) is 78.8 cm³/mol. The monoisotopic (exact) mass is 285 g/mol. The summed E-state index contributed by atoms with van der Waals surface area (Å²) in [6.07, 6.45) is 4.51. The molecule has 2 aromatic rings. The molecule has 0 saturated heterocycles. The first-order valence-electron chi connectivity index (χ1n) is 6.33. The maximum Gasteiger partial charge on any atom is 0.187 e. The highest BCUT2D eigenvalue weighted by molar-refractivity contribution is 7.99. The second-order valence-electron chi connectivity index (χ2n) is 4.20. The zero-order valence-electron chi connectivity index (χ0n) is 11.2. The van der Waals surface area contributed by atoms with E-state index >= 15 is 0 Å². The van der Waals surface area contributed by atoms with Gasteiger partial charge in [0.1, 0.15) is 11.8 Å². The minimum Gasteiger partial charge on any atom is -0.492 e. The van der Waals surface area contributed by atoms with Gasteiger partial charge in [-0.2, -0.15) is 5.26 Å². The molecule has 0 N–H and O–H groups in total. The van der Waals surface area contributed by atoms with Gasteiger partial charge in [-0.25, -0.2) is 9.97 Å². The highest BCUT2D eigenvalue weighted by Crippen LogP contribution is 2.18. The summed E-state index contributed by atoms with van der Waals surface area (Å²) in [5, 5.41) is 9.73. The number of para-hydroxylation sites is 1. The summed E-state index contributed by atoms with van der Waals surface area (Å²) in [4.78, 5) is 8.46. The van der Waals surface area contributed by atoms with Gasteiger partial charge in [0.15, 0.2) is 5.16 Å². The standard InChI is InChI=1S/C15H15N3OS/c1-12-10-17-15(18-11-12)20-8-4-7-19-14-6-3-2-5-13(14)9-16/h2-3,5-6,10-11H,4,7-8H2,1H3. The minimum atomic E-state index is 0.571. The van der Waals surface area contributed by atoms with Gasteiger partial charge in [0, 0.05) is 18.1 Å². The van der Waals surface area contributed by atoms with Crippen molar-refractivity contribution in [1.29, 1.82) is 5.26 Å². The van der Waals surface area contributed by atoms with E-state index < -0.39 is 0 Å². The molecule has 0 aliphatic heterocycles. The smallest absolute Gasteiger partial charge is 0.187 e. The highest BCUT2D eigenvalue weighted by atomic mass is 32.2. The largest absolute Gasteiger partial charge is 0.492 e. The zero-order valence-corrected chi connectivity index (χ0v) is 12.1. The van der Waals surface area contributed by atoms with Gasteiger partial charge in [-0.15, -0.1) is 0 Å². The summed E-state index contributed by atoms with van der Waals surface area (Å²) >= 11 is 1.61. The van der Waals surface area contributed by atoms with Crippen LogP contribution >= 0.6 is 11.8 Å².